The first-order valence-corrected chi connectivity index (χ1v) is 11.9. The lowest BCUT2D eigenvalue weighted by molar-refractivity contribution is -0.137. The summed E-state index contributed by atoms with van der Waals surface area (Å²) in [5, 5.41) is 18.1. The fraction of sp³-hybridized carbons (Fsp3) is 0.609. The van der Waals surface area contributed by atoms with Gasteiger partial charge in [-0.1, -0.05) is 12.8 Å². The summed E-state index contributed by atoms with van der Waals surface area (Å²) in [7, 11) is 0. The number of urea groups is 1. The normalized spacial score (nSPS) is 23.2. The molecular weight excluding hydrogens is 455 g/mol. The van der Waals surface area contributed by atoms with Crippen molar-refractivity contribution in [3.63, 3.8) is 0 Å². The molecule has 3 rings (SSSR count). The van der Waals surface area contributed by atoms with Crippen molar-refractivity contribution in [3.05, 3.63) is 29.3 Å². The van der Waals surface area contributed by atoms with E-state index in [1.807, 2.05) is 0 Å². The van der Waals surface area contributed by atoms with E-state index in [9.17, 15) is 22.8 Å². The Bertz CT molecular complexity index is 937. The Morgan fingerprint density at radius 2 is 1.85 bits per heavy atom. The molecular formula is C23H28F3N3O3S. The van der Waals surface area contributed by atoms with Gasteiger partial charge in [0.2, 0.25) is 0 Å². The van der Waals surface area contributed by atoms with Crippen LogP contribution < -0.4 is 4.90 Å². The standard InChI is InChI=1S/C23H28F3N3O3S/c1-22(2)20(31)28(17-9-8-16(14-27)19(13-17)23(24,25)26)21(32)29(22)33-18-10-6-15(7-11-18)5-3-4-12-30/h8-9,13,15,18,30H,3-7,10-12H2,1-2H3. The molecule has 2 fully saturated rings. The van der Waals surface area contributed by atoms with Gasteiger partial charge < -0.3 is 5.11 Å². The number of aliphatic hydroxyl groups excluding tert-OH is 1. The van der Waals surface area contributed by atoms with Gasteiger partial charge in [0.25, 0.3) is 5.91 Å². The molecule has 1 aliphatic heterocycles. The van der Waals surface area contributed by atoms with Crippen molar-refractivity contribution in [3.8, 4) is 6.07 Å². The van der Waals surface area contributed by atoms with Crippen LogP contribution in [-0.4, -0.2) is 38.7 Å². The highest BCUT2D eigenvalue weighted by Gasteiger charge is 2.53. The minimum absolute atomic E-state index is 0.141. The molecule has 180 valence electrons. The van der Waals surface area contributed by atoms with Crippen molar-refractivity contribution < 1.29 is 27.9 Å². The summed E-state index contributed by atoms with van der Waals surface area (Å²) in [6.07, 6.45) is 1.86. The van der Waals surface area contributed by atoms with E-state index in [1.165, 1.54) is 28.4 Å². The Morgan fingerprint density at radius 1 is 1.18 bits per heavy atom. The molecule has 1 saturated carbocycles. The number of halogens is 3. The zero-order valence-corrected chi connectivity index (χ0v) is 19.5. The summed E-state index contributed by atoms with van der Waals surface area (Å²) in [5.74, 6) is -0.0104. The second-order valence-electron chi connectivity index (χ2n) is 9.08. The predicted octanol–water partition coefficient (Wildman–Crippen LogP) is 5.49. The Labute approximate surface area is 195 Å². The molecule has 2 aliphatic rings. The summed E-state index contributed by atoms with van der Waals surface area (Å²) >= 11 is 1.30. The van der Waals surface area contributed by atoms with E-state index in [0.717, 1.165) is 55.9 Å². The summed E-state index contributed by atoms with van der Waals surface area (Å²) in [5.41, 5.74) is -3.15. The highest BCUT2D eigenvalue weighted by Crippen LogP contribution is 2.43. The van der Waals surface area contributed by atoms with Crippen molar-refractivity contribution in [2.75, 3.05) is 11.5 Å². The average molecular weight is 484 g/mol. The summed E-state index contributed by atoms with van der Waals surface area (Å²) < 4.78 is 41.6. The fourth-order valence-electron chi connectivity index (χ4n) is 4.41. The van der Waals surface area contributed by atoms with Gasteiger partial charge in [0.15, 0.2) is 0 Å². The molecule has 0 unspecified atom stereocenters. The number of rotatable bonds is 7. The summed E-state index contributed by atoms with van der Waals surface area (Å²) in [4.78, 5) is 27.1. The number of benzene rings is 1. The lowest BCUT2D eigenvalue weighted by Gasteiger charge is -2.33. The second-order valence-corrected chi connectivity index (χ2v) is 10.3. The predicted molar refractivity (Wildman–Crippen MR) is 119 cm³/mol. The molecule has 3 amide bonds. The van der Waals surface area contributed by atoms with Crippen LogP contribution in [0.4, 0.5) is 23.7 Å². The largest absolute Gasteiger partial charge is 0.417 e. The molecule has 0 spiro atoms. The van der Waals surface area contributed by atoms with Gasteiger partial charge in [-0.3, -0.25) is 9.10 Å². The number of hydrogen-bond acceptors (Lipinski definition) is 5. The van der Waals surface area contributed by atoms with Gasteiger partial charge in [0.1, 0.15) is 5.54 Å². The highest BCUT2D eigenvalue weighted by atomic mass is 32.2. The van der Waals surface area contributed by atoms with Crippen LogP contribution in [0.5, 0.6) is 0 Å². The monoisotopic (exact) mass is 483 g/mol. The molecule has 0 aromatic heterocycles. The van der Waals surface area contributed by atoms with Crippen LogP contribution in [0.25, 0.3) is 0 Å². The van der Waals surface area contributed by atoms with Gasteiger partial charge >= 0.3 is 12.2 Å². The number of aliphatic hydroxyl groups is 1. The highest BCUT2D eigenvalue weighted by molar-refractivity contribution is 7.98. The van der Waals surface area contributed by atoms with Crippen molar-refractivity contribution in [2.45, 2.75) is 75.8 Å². The number of nitrogens with zero attached hydrogens (tertiary/aromatic N) is 3. The van der Waals surface area contributed by atoms with Crippen LogP contribution >= 0.6 is 11.9 Å². The molecule has 1 saturated heterocycles. The van der Waals surface area contributed by atoms with Crippen molar-refractivity contribution in [1.82, 2.24) is 4.31 Å². The fourth-order valence-corrected chi connectivity index (χ4v) is 5.70. The number of carbonyl (C=O) groups excluding carboxylic acids is 2. The maximum atomic E-state index is 13.4. The zero-order valence-electron chi connectivity index (χ0n) is 18.7. The van der Waals surface area contributed by atoms with E-state index in [4.69, 9.17) is 10.4 Å². The number of nitriles is 1. The Morgan fingerprint density at radius 3 is 2.42 bits per heavy atom. The first kappa shape index (κ1) is 25.4. The Hall–Kier alpha value is -2.25. The van der Waals surface area contributed by atoms with E-state index >= 15 is 0 Å². The molecule has 1 heterocycles. The van der Waals surface area contributed by atoms with Crippen LogP contribution in [0.1, 0.15) is 69.9 Å². The van der Waals surface area contributed by atoms with Gasteiger partial charge in [-0.25, -0.2) is 9.69 Å². The van der Waals surface area contributed by atoms with Crippen molar-refractivity contribution in [1.29, 1.82) is 5.26 Å². The molecule has 1 aromatic rings. The molecule has 0 atom stereocenters. The Kier molecular flexibility index (Phi) is 7.64. The number of amides is 3. The van der Waals surface area contributed by atoms with Gasteiger partial charge in [-0.05, 0) is 82.0 Å². The third kappa shape index (κ3) is 5.30. The third-order valence-electron chi connectivity index (χ3n) is 6.36. The van der Waals surface area contributed by atoms with E-state index in [-0.39, 0.29) is 17.5 Å². The van der Waals surface area contributed by atoms with Gasteiger partial charge in [-0.15, -0.1) is 0 Å². The maximum Gasteiger partial charge on any atom is 0.417 e. The van der Waals surface area contributed by atoms with E-state index in [2.05, 4.69) is 0 Å². The first-order chi connectivity index (χ1) is 15.5. The number of imide groups is 1. The molecule has 10 heteroatoms. The quantitative estimate of drug-likeness (QED) is 0.315. The van der Waals surface area contributed by atoms with Crippen LogP contribution in [0.15, 0.2) is 18.2 Å². The number of hydrogen-bond donors (Lipinski definition) is 1. The van der Waals surface area contributed by atoms with E-state index < -0.39 is 34.8 Å². The van der Waals surface area contributed by atoms with Crippen molar-refractivity contribution in [2.24, 2.45) is 5.92 Å². The SMILES string of the molecule is CC1(C)C(=O)N(c2ccc(C#N)c(C(F)(F)F)c2)C(=O)N1SC1CCC(CCCCO)CC1. The lowest BCUT2D eigenvalue weighted by atomic mass is 9.85. The van der Waals surface area contributed by atoms with Gasteiger partial charge in [0.05, 0.1) is 22.9 Å². The number of unbranched alkanes of at least 4 members (excludes halogenated alkanes) is 1. The van der Waals surface area contributed by atoms with E-state index in [0.29, 0.717) is 12.0 Å². The van der Waals surface area contributed by atoms with Gasteiger partial charge in [0, 0.05) is 11.9 Å². The molecule has 1 aliphatic carbocycles. The van der Waals surface area contributed by atoms with Gasteiger partial charge in [-0.2, -0.15) is 18.4 Å². The second kappa shape index (κ2) is 9.94. The number of anilines is 1. The molecule has 33 heavy (non-hydrogen) atoms. The van der Waals surface area contributed by atoms with Crippen LogP contribution in [-0.2, 0) is 11.0 Å². The molecule has 6 nitrogen and oxygen atoms in total. The topological polar surface area (TPSA) is 84.6 Å². The zero-order chi connectivity index (χ0) is 24.4. The van der Waals surface area contributed by atoms with Crippen LogP contribution in [0, 0.1) is 17.2 Å². The summed E-state index contributed by atoms with van der Waals surface area (Å²) in [6.45, 7) is 3.38. The Balaban J connectivity index is 1.75. The minimum atomic E-state index is -4.79. The third-order valence-corrected chi connectivity index (χ3v) is 7.95. The minimum Gasteiger partial charge on any atom is -0.396 e. The summed E-state index contributed by atoms with van der Waals surface area (Å²) in [6, 6.07) is 3.71. The first-order valence-electron chi connectivity index (χ1n) is 11.1. The lowest BCUT2D eigenvalue weighted by Crippen LogP contribution is -2.41. The van der Waals surface area contributed by atoms with Crippen molar-refractivity contribution >= 4 is 29.6 Å². The average Bonchev–Trinajstić information content (AvgIpc) is 2.93. The molecule has 0 radical (unpaired) electrons. The molecule has 1 aromatic carbocycles. The van der Waals surface area contributed by atoms with E-state index in [1.54, 1.807) is 13.8 Å². The maximum absolute atomic E-state index is 13.4. The molecule has 0 bridgehead atoms. The number of carbonyl (C=O) groups is 2. The number of alkyl halides is 3. The van der Waals surface area contributed by atoms with Crippen LogP contribution in [0.3, 0.4) is 0 Å². The van der Waals surface area contributed by atoms with Crippen LogP contribution in [0.2, 0.25) is 0 Å². The smallest absolute Gasteiger partial charge is 0.396 e. The molecule has 1 N–H and O–H groups in total.